The second-order valence-corrected chi connectivity index (χ2v) is 4.64. The van der Waals surface area contributed by atoms with Gasteiger partial charge in [-0.1, -0.05) is 24.3 Å². The molecule has 0 bridgehead atoms. The first-order valence-electron chi connectivity index (χ1n) is 6.23. The third-order valence-corrected chi connectivity index (χ3v) is 3.52. The molecule has 2 N–H and O–H groups in total. The molecule has 1 atom stereocenters. The standard InChI is InChI=1S/C15H16N2/c1-2-4-14-13(3-1)7-10-17-15(14)11-12-5-8-16-9-6-12/h1-6,8-9,15,17H,7,10-11H2/p+1/t15-/m0/s1. The summed E-state index contributed by atoms with van der Waals surface area (Å²) >= 11 is 0. The van der Waals surface area contributed by atoms with Gasteiger partial charge in [0.25, 0.3) is 0 Å². The van der Waals surface area contributed by atoms with Crippen molar-refractivity contribution in [1.29, 1.82) is 0 Å². The molecular formula is C15H17N2+. The number of aromatic nitrogens is 1. The van der Waals surface area contributed by atoms with Crippen LogP contribution in [0, 0.1) is 0 Å². The summed E-state index contributed by atoms with van der Waals surface area (Å²) < 4.78 is 0. The number of rotatable bonds is 2. The van der Waals surface area contributed by atoms with Crippen LogP contribution in [0.15, 0.2) is 48.8 Å². The summed E-state index contributed by atoms with van der Waals surface area (Å²) in [4.78, 5) is 4.07. The molecule has 0 amide bonds. The van der Waals surface area contributed by atoms with Crippen molar-refractivity contribution in [3.05, 3.63) is 65.5 Å². The first-order chi connectivity index (χ1) is 8.43. The van der Waals surface area contributed by atoms with Crippen molar-refractivity contribution >= 4 is 0 Å². The van der Waals surface area contributed by atoms with Crippen LogP contribution in [0.25, 0.3) is 0 Å². The van der Waals surface area contributed by atoms with Gasteiger partial charge >= 0.3 is 0 Å². The van der Waals surface area contributed by atoms with Gasteiger partial charge < -0.3 is 5.32 Å². The molecule has 1 aliphatic rings. The van der Waals surface area contributed by atoms with E-state index in [-0.39, 0.29) is 0 Å². The van der Waals surface area contributed by atoms with Crippen molar-refractivity contribution in [2.45, 2.75) is 18.9 Å². The Morgan fingerprint density at radius 3 is 2.82 bits per heavy atom. The summed E-state index contributed by atoms with van der Waals surface area (Å²) in [6.07, 6.45) is 6.05. The number of benzene rings is 1. The molecule has 2 nitrogen and oxygen atoms in total. The maximum absolute atomic E-state index is 4.07. The minimum absolute atomic E-state index is 0.572. The average molecular weight is 225 g/mol. The lowest BCUT2D eigenvalue weighted by Gasteiger charge is -2.23. The molecule has 1 aromatic heterocycles. The van der Waals surface area contributed by atoms with E-state index in [4.69, 9.17) is 0 Å². The quantitative estimate of drug-likeness (QED) is 0.824. The maximum atomic E-state index is 4.07. The molecule has 2 heterocycles. The zero-order chi connectivity index (χ0) is 11.5. The Kier molecular flexibility index (Phi) is 2.88. The number of hydrogen-bond donors (Lipinski definition) is 1. The number of pyridine rings is 1. The molecule has 0 saturated heterocycles. The van der Waals surface area contributed by atoms with E-state index in [1.54, 1.807) is 0 Å². The summed E-state index contributed by atoms with van der Waals surface area (Å²) in [5.41, 5.74) is 4.41. The first-order valence-corrected chi connectivity index (χ1v) is 6.23. The lowest BCUT2D eigenvalue weighted by atomic mass is 9.91. The van der Waals surface area contributed by atoms with Gasteiger partial charge in [-0.05, 0) is 23.3 Å². The molecule has 86 valence electrons. The first kappa shape index (κ1) is 10.5. The van der Waals surface area contributed by atoms with Gasteiger partial charge in [-0.25, -0.2) is 0 Å². The van der Waals surface area contributed by atoms with Crippen LogP contribution in [0.2, 0.25) is 0 Å². The zero-order valence-corrected chi connectivity index (χ0v) is 9.84. The maximum Gasteiger partial charge on any atom is 0.116 e. The smallest absolute Gasteiger partial charge is 0.116 e. The van der Waals surface area contributed by atoms with Crippen LogP contribution in [0.3, 0.4) is 0 Å². The summed E-state index contributed by atoms with van der Waals surface area (Å²) in [6, 6.07) is 13.6. The highest BCUT2D eigenvalue weighted by Crippen LogP contribution is 2.21. The number of fused-ring (bicyclic) bond motifs is 1. The second-order valence-electron chi connectivity index (χ2n) is 4.64. The van der Waals surface area contributed by atoms with Gasteiger partial charge in [0, 0.05) is 30.8 Å². The largest absolute Gasteiger partial charge is 0.340 e. The summed E-state index contributed by atoms with van der Waals surface area (Å²) in [5, 5.41) is 2.46. The Morgan fingerprint density at radius 2 is 1.94 bits per heavy atom. The summed E-state index contributed by atoms with van der Waals surface area (Å²) in [6.45, 7) is 1.20. The molecule has 17 heavy (non-hydrogen) atoms. The Morgan fingerprint density at radius 1 is 1.12 bits per heavy atom. The van der Waals surface area contributed by atoms with Gasteiger partial charge in [-0.2, -0.15) is 0 Å². The molecule has 0 spiro atoms. The fourth-order valence-corrected chi connectivity index (χ4v) is 2.66. The molecule has 0 saturated carbocycles. The average Bonchev–Trinajstić information content (AvgIpc) is 2.40. The van der Waals surface area contributed by atoms with Gasteiger partial charge in [0.05, 0.1) is 6.54 Å². The van der Waals surface area contributed by atoms with Crippen molar-refractivity contribution in [2.75, 3.05) is 6.54 Å². The van der Waals surface area contributed by atoms with Crippen LogP contribution < -0.4 is 5.32 Å². The predicted molar refractivity (Wildman–Crippen MR) is 67.6 cm³/mol. The molecule has 2 heteroatoms. The van der Waals surface area contributed by atoms with Gasteiger partial charge in [-0.3, -0.25) is 4.98 Å². The third kappa shape index (κ3) is 2.22. The second kappa shape index (κ2) is 4.68. The zero-order valence-electron chi connectivity index (χ0n) is 9.84. The molecule has 0 radical (unpaired) electrons. The fraction of sp³-hybridized carbons (Fsp3) is 0.267. The van der Waals surface area contributed by atoms with Gasteiger partial charge in [0.2, 0.25) is 0 Å². The van der Waals surface area contributed by atoms with Gasteiger partial charge in [0.15, 0.2) is 0 Å². The molecule has 0 aliphatic carbocycles. The highest BCUT2D eigenvalue weighted by Gasteiger charge is 2.22. The SMILES string of the molecule is c1ccc2c(c1)CC[NH2+][C@H]2Cc1ccncc1. The predicted octanol–water partition coefficient (Wildman–Crippen LogP) is 1.48. The Labute approximate surface area is 102 Å². The number of nitrogens with zero attached hydrogens (tertiary/aromatic N) is 1. The van der Waals surface area contributed by atoms with E-state index in [2.05, 4.69) is 46.7 Å². The molecule has 0 unspecified atom stereocenters. The van der Waals surface area contributed by atoms with Crippen LogP contribution in [-0.2, 0) is 12.8 Å². The Balaban J connectivity index is 1.86. The highest BCUT2D eigenvalue weighted by atomic mass is 14.9. The minimum atomic E-state index is 0.572. The van der Waals surface area contributed by atoms with Crippen molar-refractivity contribution in [2.24, 2.45) is 0 Å². The lowest BCUT2D eigenvalue weighted by Crippen LogP contribution is -2.87. The summed E-state index contributed by atoms with van der Waals surface area (Å²) in [7, 11) is 0. The van der Waals surface area contributed by atoms with Crippen molar-refractivity contribution in [1.82, 2.24) is 4.98 Å². The Hall–Kier alpha value is -1.67. The fourth-order valence-electron chi connectivity index (χ4n) is 2.66. The monoisotopic (exact) mass is 225 g/mol. The molecule has 0 fully saturated rings. The molecular weight excluding hydrogens is 208 g/mol. The summed E-state index contributed by atoms with van der Waals surface area (Å²) in [5.74, 6) is 0. The molecule has 1 aromatic carbocycles. The van der Waals surface area contributed by atoms with Crippen molar-refractivity contribution < 1.29 is 5.32 Å². The van der Waals surface area contributed by atoms with Crippen molar-refractivity contribution in [3.8, 4) is 0 Å². The third-order valence-electron chi connectivity index (χ3n) is 3.52. The van der Waals surface area contributed by atoms with Crippen LogP contribution in [-0.4, -0.2) is 11.5 Å². The molecule has 1 aliphatic heterocycles. The number of quaternary nitrogens is 1. The van der Waals surface area contributed by atoms with Crippen LogP contribution in [0.1, 0.15) is 22.7 Å². The van der Waals surface area contributed by atoms with Crippen LogP contribution >= 0.6 is 0 Å². The van der Waals surface area contributed by atoms with E-state index in [0.29, 0.717) is 6.04 Å². The van der Waals surface area contributed by atoms with E-state index in [1.807, 2.05) is 12.4 Å². The topological polar surface area (TPSA) is 29.5 Å². The minimum Gasteiger partial charge on any atom is -0.340 e. The molecule has 2 aromatic rings. The number of nitrogens with two attached hydrogens (primary N) is 1. The van der Waals surface area contributed by atoms with E-state index in [1.165, 1.54) is 29.7 Å². The Bertz CT molecular complexity index is 493. The van der Waals surface area contributed by atoms with Crippen LogP contribution in [0.5, 0.6) is 0 Å². The van der Waals surface area contributed by atoms with Gasteiger partial charge in [-0.15, -0.1) is 0 Å². The lowest BCUT2D eigenvalue weighted by molar-refractivity contribution is -0.698. The van der Waals surface area contributed by atoms with Crippen molar-refractivity contribution in [3.63, 3.8) is 0 Å². The number of hydrogen-bond acceptors (Lipinski definition) is 1. The normalized spacial score (nSPS) is 18.7. The van der Waals surface area contributed by atoms with E-state index >= 15 is 0 Å². The van der Waals surface area contributed by atoms with E-state index < -0.39 is 0 Å². The molecule has 3 rings (SSSR count). The van der Waals surface area contributed by atoms with Gasteiger partial charge in [0.1, 0.15) is 6.04 Å². The van der Waals surface area contributed by atoms with E-state index in [9.17, 15) is 0 Å². The highest BCUT2D eigenvalue weighted by molar-refractivity contribution is 5.31. The van der Waals surface area contributed by atoms with E-state index in [0.717, 1.165) is 6.42 Å². The van der Waals surface area contributed by atoms with Crippen LogP contribution in [0.4, 0.5) is 0 Å².